The van der Waals surface area contributed by atoms with Crippen LogP contribution in [-0.4, -0.2) is 26.8 Å². The van der Waals surface area contributed by atoms with E-state index in [-0.39, 0.29) is 22.7 Å². The van der Waals surface area contributed by atoms with Crippen LogP contribution in [0.5, 0.6) is 0 Å². The molecule has 2 heterocycles. The number of rotatable bonds is 3. The highest BCUT2D eigenvalue weighted by Gasteiger charge is 2.33. The highest BCUT2D eigenvalue weighted by molar-refractivity contribution is 6.02. The molecule has 1 aliphatic rings. The van der Waals surface area contributed by atoms with E-state index in [1.54, 1.807) is 13.8 Å². The summed E-state index contributed by atoms with van der Waals surface area (Å²) in [5.41, 5.74) is 0.167. The Morgan fingerprint density at radius 3 is 2.72 bits per heavy atom. The Labute approximate surface area is 144 Å². The minimum absolute atomic E-state index is 0.0721. The lowest BCUT2D eigenvalue weighted by Crippen LogP contribution is -2.35. The molecule has 2 aromatic heterocycles. The van der Waals surface area contributed by atoms with Crippen LogP contribution in [0.2, 0.25) is 0 Å². The molecule has 0 saturated heterocycles. The molecule has 0 aliphatic heterocycles. The van der Waals surface area contributed by atoms with Crippen LogP contribution < -0.4 is 10.9 Å². The van der Waals surface area contributed by atoms with E-state index in [4.69, 9.17) is 4.52 Å². The van der Waals surface area contributed by atoms with E-state index in [0.717, 1.165) is 0 Å². The zero-order chi connectivity index (χ0) is 18.4. The second-order valence-corrected chi connectivity index (χ2v) is 7.22. The number of carbonyl (C=O) groups excluding carboxylic acids is 2. The van der Waals surface area contributed by atoms with Crippen molar-refractivity contribution >= 4 is 11.7 Å². The van der Waals surface area contributed by atoms with Crippen LogP contribution >= 0.6 is 0 Å². The number of aryl methyl sites for hydroxylation is 1. The number of hydrogen-bond donors (Lipinski definition) is 2. The number of nitrogens with zero attached hydrogens (tertiary/aromatic N) is 2. The van der Waals surface area contributed by atoms with Gasteiger partial charge in [-0.15, -0.1) is 0 Å². The molecular formula is C17H20N4O4. The fraction of sp³-hybridized carbons (Fsp3) is 0.471. The molecule has 0 saturated carbocycles. The van der Waals surface area contributed by atoms with Crippen molar-refractivity contribution in [2.45, 2.75) is 46.6 Å². The molecule has 25 heavy (non-hydrogen) atoms. The lowest BCUT2D eigenvalue weighted by Gasteiger charge is -2.29. The molecule has 1 amide bonds. The van der Waals surface area contributed by atoms with E-state index in [9.17, 15) is 14.4 Å². The highest BCUT2D eigenvalue weighted by atomic mass is 16.5. The maximum Gasteiger partial charge on any atom is 0.261 e. The Kier molecular flexibility index (Phi) is 4.06. The van der Waals surface area contributed by atoms with E-state index in [2.05, 4.69) is 20.4 Å². The number of hydrogen-bond acceptors (Lipinski definition) is 6. The summed E-state index contributed by atoms with van der Waals surface area (Å²) in [5.74, 6) is 0.0381. The van der Waals surface area contributed by atoms with Gasteiger partial charge in [0.25, 0.3) is 11.5 Å². The average molecular weight is 344 g/mol. The maximum absolute atomic E-state index is 12.4. The first kappa shape index (κ1) is 17.1. The van der Waals surface area contributed by atoms with Gasteiger partial charge in [-0.05, 0) is 31.7 Å². The molecule has 1 aliphatic carbocycles. The summed E-state index contributed by atoms with van der Waals surface area (Å²) in [6.07, 6.45) is 0.966. The first-order valence-electron chi connectivity index (χ1n) is 8.07. The number of aromatic amines is 1. The van der Waals surface area contributed by atoms with Gasteiger partial charge in [-0.25, -0.2) is 0 Å². The van der Waals surface area contributed by atoms with Gasteiger partial charge < -0.3 is 14.8 Å². The van der Waals surface area contributed by atoms with Crippen LogP contribution in [-0.2, 0) is 6.42 Å². The maximum atomic E-state index is 12.4. The Bertz CT molecular complexity index is 910. The molecule has 0 bridgehead atoms. The third-order valence-electron chi connectivity index (χ3n) is 4.22. The summed E-state index contributed by atoms with van der Waals surface area (Å²) in [6.45, 7) is 7.29. The number of Topliss-reactive ketones (excluding diaryl/α,β-unsaturated/α-hetero) is 1. The number of aromatic nitrogens is 3. The Morgan fingerprint density at radius 2 is 2.08 bits per heavy atom. The lowest BCUT2D eigenvalue weighted by atomic mass is 9.75. The molecule has 0 aromatic carbocycles. The van der Waals surface area contributed by atoms with Crippen LogP contribution in [0, 0.1) is 12.3 Å². The average Bonchev–Trinajstić information content (AvgIpc) is 2.91. The van der Waals surface area contributed by atoms with Gasteiger partial charge in [0.15, 0.2) is 11.6 Å². The molecule has 3 rings (SSSR count). The third kappa shape index (κ3) is 3.38. The van der Waals surface area contributed by atoms with Gasteiger partial charge in [0.05, 0.1) is 0 Å². The summed E-state index contributed by atoms with van der Waals surface area (Å²) in [6, 6.07) is 0.825. The van der Waals surface area contributed by atoms with E-state index in [0.29, 0.717) is 29.9 Å². The zero-order valence-electron chi connectivity index (χ0n) is 14.6. The van der Waals surface area contributed by atoms with Crippen LogP contribution in [0.15, 0.2) is 15.4 Å². The first-order valence-corrected chi connectivity index (χ1v) is 8.07. The third-order valence-corrected chi connectivity index (χ3v) is 4.22. The number of amides is 1. The van der Waals surface area contributed by atoms with Crippen molar-refractivity contribution in [3.8, 4) is 0 Å². The fourth-order valence-corrected chi connectivity index (χ4v) is 3.02. The van der Waals surface area contributed by atoms with Crippen molar-refractivity contribution in [1.82, 2.24) is 20.4 Å². The predicted octanol–water partition coefficient (Wildman–Crippen LogP) is 1.71. The van der Waals surface area contributed by atoms with Crippen molar-refractivity contribution < 1.29 is 14.1 Å². The normalized spacial score (nSPS) is 17.0. The molecule has 0 radical (unpaired) electrons. The number of pyridine rings is 1. The number of fused-ring (bicyclic) bond motifs is 1. The van der Waals surface area contributed by atoms with Gasteiger partial charge in [0.2, 0.25) is 5.89 Å². The highest BCUT2D eigenvalue weighted by Crippen LogP contribution is 2.33. The van der Waals surface area contributed by atoms with Gasteiger partial charge >= 0.3 is 0 Å². The van der Waals surface area contributed by atoms with Crippen LogP contribution in [0.4, 0.5) is 0 Å². The van der Waals surface area contributed by atoms with Gasteiger partial charge in [-0.2, -0.15) is 4.98 Å². The number of nitrogens with one attached hydrogen (secondary N) is 2. The molecular weight excluding hydrogens is 324 g/mol. The summed E-state index contributed by atoms with van der Waals surface area (Å²) in [5, 5.41) is 6.30. The minimum atomic E-state index is -0.593. The van der Waals surface area contributed by atoms with E-state index in [1.165, 1.54) is 6.07 Å². The Hall–Kier alpha value is -2.77. The van der Waals surface area contributed by atoms with E-state index < -0.39 is 17.5 Å². The topological polar surface area (TPSA) is 118 Å². The molecule has 0 spiro atoms. The predicted molar refractivity (Wildman–Crippen MR) is 88.4 cm³/mol. The van der Waals surface area contributed by atoms with Crippen molar-refractivity contribution in [3.63, 3.8) is 0 Å². The summed E-state index contributed by atoms with van der Waals surface area (Å²) in [4.78, 5) is 43.8. The van der Waals surface area contributed by atoms with Crippen LogP contribution in [0.25, 0.3) is 0 Å². The molecule has 2 aromatic rings. The van der Waals surface area contributed by atoms with Crippen LogP contribution in [0.1, 0.15) is 71.4 Å². The van der Waals surface area contributed by atoms with Gasteiger partial charge in [0, 0.05) is 17.7 Å². The first-order chi connectivity index (χ1) is 11.7. The zero-order valence-corrected chi connectivity index (χ0v) is 14.6. The van der Waals surface area contributed by atoms with E-state index >= 15 is 0 Å². The second-order valence-electron chi connectivity index (χ2n) is 7.22. The second kappa shape index (κ2) is 5.94. The molecule has 1 atom stereocenters. The molecule has 0 fully saturated rings. The smallest absolute Gasteiger partial charge is 0.261 e. The van der Waals surface area contributed by atoms with E-state index in [1.807, 2.05) is 13.8 Å². The largest absolute Gasteiger partial charge is 0.340 e. The number of carbonyl (C=O) groups is 2. The lowest BCUT2D eigenvalue weighted by molar-refractivity contribution is 0.0910. The van der Waals surface area contributed by atoms with Crippen molar-refractivity contribution in [2.24, 2.45) is 5.41 Å². The summed E-state index contributed by atoms with van der Waals surface area (Å²) >= 11 is 0. The van der Waals surface area contributed by atoms with Crippen molar-refractivity contribution in [3.05, 3.63) is 45.0 Å². The Morgan fingerprint density at radius 1 is 1.36 bits per heavy atom. The molecule has 1 unspecified atom stereocenters. The van der Waals surface area contributed by atoms with Gasteiger partial charge in [-0.3, -0.25) is 14.4 Å². The molecule has 8 nitrogen and oxygen atoms in total. The molecule has 2 N–H and O–H groups in total. The Balaban J connectivity index is 1.88. The van der Waals surface area contributed by atoms with Crippen molar-refractivity contribution in [1.29, 1.82) is 0 Å². The monoisotopic (exact) mass is 344 g/mol. The van der Waals surface area contributed by atoms with Crippen LogP contribution in [0.3, 0.4) is 0 Å². The van der Waals surface area contributed by atoms with Gasteiger partial charge in [-0.1, -0.05) is 19.0 Å². The quantitative estimate of drug-likeness (QED) is 0.875. The molecule has 8 heteroatoms. The number of H-pyrrole nitrogens is 1. The minimum Gasteiger partial charge on any atom is -0.340 e. The molecule has 132 valence electrons. The summed E-state index contributed by atoms with van der Waals surface area (Å²) < 4.78 is 5.01. The van der Waals surface area contributed by atoms with Crippen molar-refractivity contribution in [2.75, 3.05) is 0 Å². The van der Waals surface area contributed by atoms with Gasteiger partial charge in [0.1, 0.15) is 11.6 Å². The SMILES string of the molecule is Cc1noc(C(C)NC(=O)c2cc3c([nH]c2=O)CC(C)(C)CC3=O)n1. The summed E-state index contributed by atoms with van der Waals surface area (Å²) in [7, 11) is 0. The fourth-order valence-electron chi connectivity index (χ4n) is 3.02. The number of ketones is 1. The standard InChI is InChI=1S/C17H20N4O4/c1-8(16-19-9(2)21-25-16)18-14(23)11-5-10-12(20-15(11)24)6-17(3,4)7-13(10)22/h5,8H,6-7H2,1-4H3,(H,18,23)(H,20,24).